The van der Waals surface area contributed by atoms with Gasteiger partial charge in [0, 0.05) is 0 Å². The third kappa shape index (κ3) is 1.32. The molecule has 0 saturated heterocycles. The van der Waals surface area contributed by atoms with Crippen LogP contribution in [0.2, 0.25) is 18.1 Å². The molecule has 1 aliphatic heterocycles. The van der Waals surface area contributed by atoms with Gasteiger partial charge in [0.25, 0.3) is 0 Å². The van der Waals surface area contributed by atoms with Crippen molar-refractivity contribution in [3.63, 3.8) is 0 Å². The second kappa shape index (κ2) is 2.89. The fraction of sp³-hybridized carbons (Fsp3) is 0.750. The Hall–Kier alpha value is -0.0831. The van der Waals surface area contributed by atoms with Crippen LogP contribution in [0.3, 0.4) is 0 Å². The zero-order chi connectivity index (χ0) is 7.61. The first-order valence-electron chi connectivity index (χ1n) is 4.10. The molecule has 0 aromatic rings. The predicted molar refractivity (Wildman–Crippen MR) is 46.7 cm³/mol. The van der Waals surface area contributed by atoms with E-state index in [1.165, 1.54) is 12.1 Å². The van der Waals surface area contributed by atoms with Gasteiger partial charge in [-0.15, -0.1) is 0 Å². The molecular weight excluding hydrogens is 140 g/mol. The molecule has 1 unspecified atom stereocenters. The zero-order valence-corrected chi connectivity index (χ0v) is 7.80. The number of rotatable bonds is 2. The molecule has 0 aromatic carbocycles. The van der Waals surface area contributed by atoms with E-state index >= 15 is 0 Å². The van der Waals surface area contributed by atoms with Crippen LogP contribution in [0.15, 0.2) is 11.8 Å². The normalized spacial score (nSPS) is 29.3. The molecule has 1 nitrogen and oxygen atoms in total. The molecule has 0 radical (unpaired) electrons. The highest BCUT2D eigenvalue weighted by Gasteiger charge is 2.32. The predicted octanol–water partition coefficient (Wildman–Crippen LogP) is 1.94. The quantitative estimate of drug-likeness (QED) is 0.606. The summed E-state index contributed by atoms with van der Waals surface area (Å²) >= 11 is 0. The van der Waals surface area contributed by atoms with E-state index in [4.69, 9.17) is 0 Å². The van der Waals surface area contributed by atoms with Gasteiger partial charge in [-0.25, -0.2) is 0 Å². The smallest absolute Gasteiger partial charge is 0.0798 e. The third-order valence-electron chi connectivity index (χ3n) is 2.70. The fourth-order valence-corrected chi connectivity index (χ4v) is 4.93. The second-order valence-electron chi connectivity index (χ2n) is 3.20. The highest BCUT2D eigenvalue weighted by atomic mass is 28.3. The van der Waals surface area contributed by atoms with E-state index in [2.05, 4.69) is 19.5 Å². The van der Waals surface area contributed by atoms with Gasteiger partial charge < -0.3 is 5.11 Å². The van der Waals surface area contributed by atoms with Gasteiger partial charge in [0.1, 0.15) is 0 Å². The summed E-state index contributed by atoms with van der Waals surface area (Å²) in [6.07, 6.45) is 1.87. The summed E-state index contributed by atoms with van der Waals surface area (Å²) in [7, 11) is -1.07. The molecule has 0 bridgehead atoms. The number of hydrogen-bond acceptors (Lipinski definition) is 1. The van der Waals surface area contributed by atoms with Crippen molar-refractivity contribution in [2.75, 3.05) is 0 Å². The molecule has 0 saturated carbocycles. The van der Waals surface area contributed by atoms with Crippen molar-refractivity contribution in [1.29, 1.82) is 0 Å². The SMILES string of the molecule is CC[Si]1(CC)C=CC(O)C1. The van der Waals surface area contributed by atoms with Crippen molar-refractivity contribution in [2.45, 2.75) is 38.1 Å². The summed E-state index contributed by atoms with van der Waals surface area (Å²) in [6, 6.07) is 3.65. The zero-order valence-electron chi connectivity index (χ0n) is 6.80. The standard InChI is InChI=1S/C8H16OSi/c1-3-10(4-2)6-5-8(9)7-10/h5-6,8-9H,3-4,7H2,1-2H3. The highest BCUT2D eigenvalue weighted by molar-refractivity contribution is 6.85. The van der Waals surface area contributed by atoms with Crippen molar-refractivity contribution in [3.05, 3.63) is 11.8 Å². The van der Waals surface area contributed by atoms with Gasteiger partial charge in [0.05, 0.1) is 14.2 Å². The molecule has 58 valence electrons. The van der Waals surface area contributed by atoms with Crippen LogP contribution in [-0.2, 0) is 0 Å². The van der Waals surface area contributed by atoms with Gasteiger partial charge in [-0.1, -0.05) is 37.7 Å². The molecule has 0 fully saturated rings. The third-order valence-corrected chi connectivity index (χ3v) is 7.64. The molecule has 2 heteroatoms. The van der Waals surface area contributed by atoms with Gasteiger partial charge in [0.2, 0.25) is 0 Å². The second-order valence-corrected chi connectivity index (χ2v) is 8.08. The van der Waals surface area contributed by atoms with Gasteiger partial charge >= 0.3 is 0 Å². The minimum atomic E-state index is -1.07. The lowest BCUT2D eigenvalue weighted by Gasteiger charge is -2.21. The van der Waals surface area contributed by atoms with E-state index in [0.29, 0.717) is 0 Å². The first-order valence-corrected chi connectivity index (χ1v) is 6.80. The average molecular weight is 156 g/mol. The van der Waals surface area contributed by atoms with E-state index in [-0.39, 0.29) is 6.10 Å². The van der Waals surface area contributed by atoms with Crippen LogP contribution in [0.1, 0.15) is 13.8 Å². The monoisotopic (exact) mass is 156 g/mol. The van der Waals surface area contributed by atoms with Crippen LogP contribution in [0.4, 0.5) is 0 Å². The number of hydrogen-bond donors (Lipinski definition) is 1. The van der Waals surface area contributed by atoms with Crippen molar-refractivity contribution < 1.29 is 5.11 Å². The molecule has 1 atom stereocenters. The molecule has 0 amide bonds. The fourth-order valence-electron chi connectivity index (χ4n) is 1.64. The highest BCUT2D eigenvalue weighted by Crippen LogP contribution is 2.29. The molecule has 1 rings (SSSR count). The van der Waals surface area contributed by atoms with Gasteiger partial charge in [-0.05, 0) is 6.04 Å². The van der Waals surface area contributed by atoms with E-state index in [1.54, 1.807) is 0 Å². The summed E-state index contributed by atoms with van der Waals surface area (Å²) in [4.78, 5) is 0. The maximum atomic E-state index is 9.27. The maximum Gasteiger partial charge on any atom is 0.0798 e. The number of aliphatic hydroxyl groups is 1. The Kier molecular flexibility index (Phi) is 2.31. The van der Waals surface area contributed by atoms with E-state index in [9.17, 15) is 5.11 Å². The largest absolute Gasteiger partial charge is 0.389 e. The molecule has 0 aliphatic carbocycles. The Morgan fingerprint density at radius 2 is 2.10 bits per heavy atom. The summed E-state index contributed by atoms with van der Waals surface area (Å²) in [5.74, 6) is 0. The Labute approximate surface area is 63.8 Å². The maximum absolute atomic E-state index is 9.27. The van der Waals surface area contributed by atoms with Crippen molar-refractivity contribution in [1.82, 2.24) is 0 Å². The van der Waals surface area contributed by atoms with E-state index in [1.807, 2.05) is 6.08 Å². The lowest BCUT2D eigenvalue weighted by molar-refractivity contribution is 0.245. The number of aliphatic hydroxyl groups excluding tert-OH is 1. The summed E-state index contributed by atoms with van der Waals surface area (Å²) < 4.78 is 0. The summed E-state index contributed by atoms with van der Waals surface area (Å²) in [5.41, 5.74) is 2.32. The Morgan fingerprint density at radius 1 is 1.50 bits per heavy atom. The molecule has 1 heterocycles. The lowest BCUT2D eigenvalue weighted by atomic mass is 10.4. The molecule has 10 heavy (non-hydrogen) atoms. The van der Waals surface area contributed by atoms with Crippen LogP contribution in [-0.4, -0.2) is 19.3 Å². The summed E-state index contributed by atoms with van der Waals surface area (Å²) in [6.45, 7) is 4.50. The first-order chi connectivity index (χ1) is 4.72. The van der Waals surface area contributed by atoms with Crippen LogP contribution in [0.25, 0.3) is 0 Å². The molecule has 1 aliphatic rings. The van der Waals surface area contributed by atoms with Gasteiger partial charge in [-0.2, -0.15) is 0 Å². The Balaban J connectivity index is 2.61. The van der Waals surface area contributed by atoms with E-state index in [0.717, 1.165) is 6.04 Å². The minimum absolute atomic E-state index is 0.119. The molecule has 1 N–H and O–H groups in total. The minimum Gasteiger partial charge on any atom is -0.389 e. The van der Waals surface area contributed by atoms with Crippen LogP contribution in [0, 0.1) is 0 Å². The van der Waals surface area contributed by atoms with Crippen LogP contribution >= 0.6 is 0 Å². The van der Waals surface area contributed by atoms with Crippen LogP contribution < -0.4 is 0 Å². The van der Waals surface area contributed by atoms with Crippen molar-refractivity contribution >= 4 is 8.07 Å². The summed E-state index contributed by atoms with van der Waals surface area (Å²) in [5, 5.41) is 9.27. The van der Waals surface area contributed by atoms with Crippen molar-refractivity contribution in [3.8, 4) is 0 Å². The Bertz CT molecular complexity index is 138. The Morgan fingerprint density at radius 3 is 2.30 bits per heavy atom. The first kappa shape index (κ1) is 8.02. The molecule has 0 aromatic heterocycles. The lowest BCUT2D eigenvalue weighted by Crippen LogP contribution is -2.28. The molecule has 0 spiro atoms. The average Bonchev–Trinajstić information content (AvgIpc) is 2.33. The topological polar surface area (TPSA) is 20.2 Å². The van der Waals surface area contributed by atoms with Gasteiger partial charge in [-0.3, -0.25) is 0 Å². The van der Waals surface area contributed by atoms with E-state index < -0.39 is 8.07 Å². The van der Waals surface area contributed by atoms with Gasteiger partial charge in [0.15, 0.2) is 0 Å². The van der Waals surface area contributed by atoms with Crippen molar-refractivity contribution in [2.24, 2.45) is 0 Å². The van der Waals surface area contributed by atoms with Crippen LogP contribution in [0.5, 0.6) is 0 Å². The molecular formula is C8H16OSi.